The topological polar surface area (TPSA) is 29.9 Å². The van der Waals surface area contributed by atoms with Crippen LogP contribution in [0.3, 0.4) is 0 Å². The van der Waals surface area contributed by atoms with Crippen molar-refractivity contribution in [3.05, 3.63) is 46.0 Å². The average Bonchev–Trinajstić information content (AvgIpc) is 2.79. The second-order valence-electron chi connectivity index (χ2n) is 4.11. The van der Waals surface area contributed by atoms with Gasteiger partial charge in [0.05, 0.1) is 29.3 Å². The fraction of sp³-hybridized carbons (Fsp3) is 0.308. The molecule has 0 spiro atoms. The molecule has 2 aromatic rings. The molecule has 0 unspecified atom stereocenters. The fourth-order valence-corrected chi connectivity index (χ4v) is 2.20. The summed E-state index contributed by atoms with van der Waals surface area (Å²) < 4.78 is 2.08. The number of imidazole rings is 1. The molecule has 0 amide bonds. The molecule has 0 saturated heterocycles. The smallest absolute Gasteiger partial charge is 0.0948 e. The first-order valence-electron chi connectivity index (χ1n) is 5.80. The predicted molar refractivity (Wildman–Crippen MR) is 76.4 cm³/mol. The average molecular weight is 284 g/mol. The largest absolute Gasteiger partial charge is 0.378 e. The maximum absolute atomic E-state index is 6.17. The Balaban J connectivity index is 2.13. The van der Waals surface area contributed by atoms with Crippen LogP contribution in [0.2, 0.25) is 10.0 Å². The SMILES string of the molecule is CCn1cncc1CNc1cc(Cl)c(C)cc1Cl. The predicted octanol–water partition coefficient (Wildman–Crippen LogP) is 4.13. The highest BCUT2D eigenvalue weighted by atomic mass is 35.5. The van der Waals surface area contributed by atoms with E-state index in [1.807, 2.05) is 31.6 Å². The van der Waals surface area contributed by atoms with E-state index in [0.717, 1.165) is 23.5 Å². The second-order valence-corrected chi connectivity index (χ2v) is 4.92. The van der Waals surface area contributed by atoms with E-state index in [-0.39, 0.29) is 0 Å². The van der Waals surface area contributed by atoms with Crippen molar-refractivity contribution in [2.24, 2.45) is 0 Å². The van der Waals surface area contributed by atoms with E-state index in [0.29, 0.717) is 16.6 Å². The van der Waals surface area contributed by atoms with Crippen LogP contribution in [0.1, 0.15) is 18.2 Å². The molecule has 1 N–H and O–H groups in total. The number of aromatic nitrogens is 2. The first-order chi connectivity index (χ1) is 8.61. The third-order valence-corrected chi connectivity index (χ3v) is 3.57. The molecule has 1 heterocycles. The van der Waals surface area contributed by atoms with E-state index in [1.165, 1.54) is 0 Å². The lowest BCUT2D eigenvalue weighted by Crippen LogP contribution is -2.06. The minimum atomic E-state index is 0.674. The van der Waals surface area contributed by atoms with E-state index in [9.17, 15) is 0 Å². The highest BCUT2D eigenvalue weighted by Gasteiger charge is 2.06. The quantitative estimate of drug-likeness (QED) is 0.914. The summed E-state index contributed by atoms with van der Waals surface area (Å²) in [6.45, 7) is 5.59. The van der Waals surface area contributed by atoms with Crippen LogP contribution in [0.15, 0.2) is 24.7 Å². The Bertz CT molecular complexity index is 549. The highest BCUT2D eigenvalue weighted by Crippen LogP contribution is 2.29. The molecule has 1 aromatic heterocycles. The van der Waals surface area contributed by atoms with Gasteiger partial charge in [-0.25, -0.2) is 4.98 Å². The number of aryl methyl sites for hydroxylation is 2. The van der Waals surface area contributed by atoms with Gasteiger partial charge < -0.3 is 9.88 Å². The molecular weight excluding hydrogens is 269 g/mol. The molecule has 0 radical (unpaired) electrons. The van der Waals surface area contributed by atoms with Crippen LogP contribution in [-0.4, -0.2) is 9.55 Å². The van der Waals surface area contributed by atoms with Crippen molar-refractivity contribution in [3.63, 3.8) is 0 Å². The Hall–Kier alpha value is -1.19. The van der Waals surface area contributed by atoms with Gasteiger partial charge in [-0.3, -0.25) is 0 Å². The van der Waals surface area contributed by atoms with Crippen LogP contribution in [0, 0.1) is 6.92 Å². The van der Waals surface area contributed by atoms with Crippen molar-refractivity contribution in [1.29, 1.82) is 0 Å². The van der Waals surface area contributed by atoms with Gasteiger partial charge in [0.25, 0.3) is 0 Å². The summed E-state index contributed by atoms with van der Waals surface area (Å²) >= 11 is 12.3. The number of benzene rings is 1. The van der Waals surface area contributed by atoms with E-state index >= 15 is 0 Å². The summed E-state index contributed by atoms with van der Waals surface area (Å²) in [5.74, 6) is 0. The lowest BCUT2D eigenvalue weighted by molar-refractivity contribution is 0.719. The van der Waals surface area contributed by atoms with Crippen molar-refractivity contribution in [3.8, 4) is 0 Å². The summed E-state index contributed by atoms with van der Waals surface area (Å²) in [5, 5.41) is 4.67. The van der Waals surface area contributed by atoms with Gasteiger partial charge in [0, 0.05) is 17.8 Å². The van der Waals surface area contributed by atoms with Crippen molar-refractivity contribution in [1.82, 2.24) is 9.55 Å². The van der Waals surface area contributed by atoms with E-state index in [1.54, 1.807) is 0 Å². The summed E-state index contributed by atoms with van der Waals surface area (Å²) in [4.78, 5) is 4.12. The Morgan fingerprint density at radius 2 is 2.06 bits per heavy atom. The van der Waals surface area contributed by atoms with Crippen LogP contribution in [0.5, 0.6) is 0 Å². The zero-order chi connectivity index (χ0) is 13.1. The van der Waals surface area contributed by atoms with Crippen LogP contribution < -0.4 is 5.32 Å². The normalized spacial score (nSPS) is 10.7. The van der Waals surface area contributed by atoms with Crippen LogP contribution >= 0.6 is 23.2 Å². The molecule has 18 heavy (non-hydrogen) atoms. The lowest BCUT2D eigenvalue weighted by Gasteiger charge is -2.11. The molecule has 1 aromatic carbocycles. The van der Waals surface area contributed by atoms with E-state index < -0.39 is 0 Å². The molecule has 96 valence electrons. The number of hydrogen-bond donors (Lipinski definition) is 1. The van der Waals surface area contributed by atoms with Crippen molar-refractivity contribution < 1.29 is 0 Å². The minimum Gasteiger partial charge on any atom is -0.378 e. The molecule has 0 aliphatic heterocycles. The molecule has 2 rings (SSSR count). The van der Waals surface area contributed by atoms with Gasteiger partial charge in [-0.15, -0.1) is 0 Å². The number of nitrogens with zero attached hydrogens (tertiary/aromatic N) is 2. The van der Waals surface area contributed by atoms with Crippen molar-refractivity contribution >= 4 is 28.9 Å². The Labute approximate surface area is 117 Å². The van der Waals surface area contributed by atoms with Gasteiger partial charge in [0.15, 0.2) is 0 Å². The number of anilines is 1. The second kappa shape index (κ2) is 5.63. The minimum absolute atomic E-state index is 0.674. The third-order valence-electron chi connectivity index (χ3n) is 2.85. The zero-order valence-corrected chi connectivity index (χ0v) is 11.9. The Morgan fingerprint density at radius 1 is 1.28 bits per heavy atom. The van der Waals surface area contributed by atoms with Crippen molar-refractivity contribution in [2.45, 2.75) is 26.9 Å². The number of halogens is 2. The maximum atomic E-state index is 6.17. The summed E-state index contributed by atoms with van der Waals surface area (Å²) in [5.41, 5.74) is 2.94. The van der Waals surface area contributed by atoms with Crippen LogP contribution in [-0.2, 0) is 13.1 Å². The van der Waals surface area contributed by atoms with E-state index in [2.05, 4.69) is 21.8 Å². The van der Waals surface area contributed by atoms with Gasteiger partial charge in [0.2, 0.25) is 0 Å². The first-order valence-corrected chi connectivity index (χ1v) is 6.56. The number of rotatable bonds is 4. The molecule has 0 atom stereocenters. The standard InChI is InChI=1S/C13H15Cl2N3/c1-3-18-8-16-6-10(18)7-17-13-5-11(14)9(2)4-12(13)15/h4-6,8,17H,3,7H2,1-2H3. The van der Waals surface area contributed by atoms with Crippen LogP contribution in [0.25, 0.3) is 0 Å². The van der Waals surface area contributed by atoms with Gasteiger partial charge in [0.1, 0.15) is 0 Å². The molecule has 0 saturated carbocycles. The monoisotopic (exact) mass is 283 g/mol. The fourth-order valence-electron chi connectivity index (χ4n) is 1.75. The molecule has 0 fully saturated rings. The van der Waals surface area contributed by atoms with Gasteiger partial charge in [-0.05, 0) is 31.5 Å². The van der Waals surface area contributed by atoms with Gasteiger partial charge in [-0.1, -0.05) is 23.2 Å². The Kier molecular flexibility index (Phi) is 4.15. The van der Waals surface area contributed by atoms with Crippen LogP contribution in [0.4, 0.5) is 5.69 Å². The molecular formula is C13H15Cl2N3. The maximum Gasteiger partial charge on any atom is 0.0948 e. The third kappa shape index (κ3) is 2.79. The van der Waals surface area contributed by atoms with Gasteiger partial charge in [-0.2, -0.15) is 0 Å². The lowest BCUT2D eigenvalue weighted by atomic mass is 10.2. The number of nitrogens with one attached hydrogen (secondary N) is 1. The molecule has 5 heteroatoms. The molecule has 0 aliphatic carbocycles. The molecule has 0 bridgehead atoms. The summed E-state index contributed by atoms with van der Waals surface area (Å²) in [6, 6.07) is 3.72. The highest BCUT2D eigenvalue weighted by molar-refractivity contribution is 6.35. The summed E-state index contributed by atoms with van der Waals surface area (Å²) in [7, 11) is 0. The summed E-state index contributed by atoms with van der Waals surface area (Å²) in [6.07, 6.45) is 3.67. The van der Waals surface area contributed by atoms with E-state index in [4.69, 9.17) is 23.2 Å². The molecule has 3 nitrogen and oxygen atoms in total. The first kappa shape index (κ1) is 13.2. The van der Waals surface area contributed by atoms with Gasteiger partial charge >= 0.3 is 0 Å². The number of hydrogen-bond acceptors (Lipinski definition) is 2. The molecule has 0 aliphatic rings. The Morgan fingerprint density at radius 3 is 2.78 bits per heavy atom. The van der Waals surface area contributed by atoms with Crippen molar-refractivity contribution in [2.75, 3.05) is 5.32 Å². The zero-order valence-electron chi connectivity index (χ0n) is 10.4.